The molecule has 1 rings (SSSR count). The Labute approximate surface area is 115 Å². The van der Waals surface area contributed by atoms with Gasteiger partial charge in [0.2, 0.25) is 0 Å². The number of ketones is 1. The van der Waals surface area contributed by atoms with Crippen LogP contribution in [0.15, 0.2) is 30.3 Å². The van der Waals surface area contributed by atoms with Crippen LogP contribution < -0.4 is 0 Å². The van der Waals surface area contributed by atoms with E-state index in [4.69, 9.17) is 4.74 Å². The second kappa shape index (κ2) is 9.31. The van der Waals surface area contributed by atoms with Gasteiger partial charge in [0.15, 0.2) is 0 Å². The molecule has 0 amide bonds. The maximum Gasteiger partial charge on any atom is 0.313 e. The molecule has 0 bridgehead atoms. The van der Waals surface area contributed by atoms with E-state index in [0.29, 0.717) is 13.0 Å². The van der Waals surface area contributed by atoms with Crippen LogP contribution >= 0.6 is 0 Å². The number of benzene rings is 1. The van der Waals surface area contributed by atoms with Gasteiger partial charge >= 0.3 is 5.97 Å². The minimum absolute atomic E-state index is 0.0156. The fourth-order valence-electron chi connectivity index (χ4n) is 1.93. The Morgan fingerprint density at radius 2 is 1.79 bits per heavy atom. The first-order valence-electron chi connectivity index (χ1n) is 6.93. The lowest BCUT2D eigenvalue weighted by molar-refractivity contribution is -0.145. The van der Waals surface area contributed by atoms with Crippen LogP contribution in [-0.4, -0.2) is 18.4 Å². The zero-order valence-electron chi connectivity index (χ0n) is 11.6. The third kappa shape index (κ3) is 7.39. The number of carbonyl (C=O) groups excluding carboxylic acids is 2. The first kappa shape index (κ1) is 15.4. The highest BCUT2D eigenvalue weighted by Gasteiger charge is 2.09. The van der Waals surface area contributed by atoms with Crippen LogP contribution in [0.1, 0.15) is 44.6 Å². The number of Topliss-reactive ketones (excluding diaryl/α,β-unsaturated/α-hetero) is 1. The Bertz CT molecular complexity index is 384. The maximum atomic E-state index is 11.5. The van der Waals surface area contributed by atoms with Gasteiger partial charge in [-0.1, -0.05) is 36.8 Å². The highest BCUT2D eigenvalue weighted by molar-refractivity contribution is 5.95. The standard InChI is InChI=1S/C16H22O3/c1-2-19-16(18)13-15(17)12-8-4-7-11-14-9-5-3-6-10-14/h3,5-6,9-10H,2,4,7-8,11-13H2,1H3. The van der Waals surface area contributed by atoms with Crippen molar-refractivity contribution in [1.29, 1.82) is 0 Å². The van der Waals surface area contributed by atoms with Gasteiger partial charge in [0.05, 0.1) is 6.61 Å². The summed E-state index contributed by atoms with van der Waals surface area (Å²) in [4.78, 5) is 22.5. The zero-order chi connectivity index (χ0) is 13.9. The molecule has 0 aliphatic heterocycles. The molecule has 0 saturated carbocycles. The van der Waals surface area contributed by atoms with Gasteiger partial charge in [0.25, 0.3) is 0 Å². The van der Waals surface area contributed by atoms with E-state index in [-0.39, 0.29) is 12.2 Å². The van der Waals surface area contributed by atoms with E-state index < -0.39 is 5.97 Å². The van der Waals surface area contributed by atoms with E-state index in [2.05, 4.69) is 12.1 Å². The first-order chi connectivity index (χ1) is 9.22. The summed E-state index contributed by atoms with van der Waals surface area (Å²) < 4.78 is 4.74. The second-order valence-electron chi connectivity index (χ2n) is 4.57. The molecule has 19 heavy (non-hydrogen) atoms. The third-order valence-corrected chi connectivity index (χ3v) is 2.91. The minimum atomic E-state index is -0.406. The summed E-state index contributed by atoms with van der Waals surface area (Å²) >= 11 is 0. The van der Waals surface area contributed by atoms with Crippen molar-refractivity contribution in [2.45, 2.75) is 45.4 Å². The SMILES string of the molecule is CCOC(=O)CC(=O)CCCCCc1ccccc1. The number of carbonyl (C=O) groups is 2. The van der Waals surface area contributed by atoms with Crippen molar-refractivity contribution in [3.8, 4) is 0 Å². The Balaban J connectivity index is 2.04. The van der Waals surface area contributed by atoms with Gasteiger partial charge in [-0.25, -0.2) is 0 Å². The Hall–Kier alpha value is -1.64. The summed E-state index contributed by atoms with van der Waals surface area (Å²) in [6.45, 7) is 2.08. The zero-order valence-corrected chi connectivity index (χ0v) is 11.6. The smallest absolute Gasteiger partial charge is 0.313 e. The quantitative estimate of drug-likeness (QED) is 0.389. The molecule has 0 heterocycles. The largest absolute Gasteiger partial charge is 0.466 e. The van der Waals surface area contributed by atoms with Crippen molar-refractivity contribution in [2.75, 3.05) is 6.61 Å². The van der Waals surface area contributed by atoms with Crippen LogP contribution in [0.2, 0.25) is 0 Å². The van der Waals surface area contributed by atoms with Gasteiger partial charge in [-0.2, -0.15) is 0 Å². The lowest BCUT2D eigenvalue weighted by Crippen LogP contribution is -2.10. The molecule has 1 aromatic rings. The van der Waals surface area contributed by atoms with Crippen LogP contribution in [0.4, 0.5) is 0 Å². The van der Waals surface area contributed by atoms with E-state index in [9.17, 15) is 9.59 Å². The van der Waals surface area contributed by atoms with Crippen molar-refractivity contribution in [1.82, 2.24) is 0 Å². The average Bonchev–Trinajstić information content (AvgIpc) is 2.39. The number of hydrogen-bond acceptors (Lipinski definition) is 3. The third-order valence-electron chi connectivity index (χ3n) is 2.91. The Morgan fingerprint density at radius 1 is 1.05 bits per heavy atom. The number of aryl methyl sites for hydroxylation is 1. The van der Waals surface area contributed by atoms with E-state index in [1.807, 2.05) is 18.2 Å². The molecule has 0 fully saturated rings. The normalized spacial score (nSPS) is 10.2. The molecule has 0 spiro atoms. The summed E-state index contributed by atoms with van der Waals surface area (Å²) in [7, 11) is 0. The highest BCUT2D eigenvalue weighted by atomic mass is 16.5. The second-order valence-corrected chi connectivity index (χ2v) is 4.57. The van der Waals surface area contributed by atoms with Crippen LogP contribution in [0.5, 0.6) is 0 Å². The van der Waals surface area contributed by atoms with Crippen molar-refractivity contribution in [3.63, 3.8) is 0 Å². The fourth-order valence-corrected chi connectivity index (χ4v) is 1.93. The number of ether oxygens (including phenoxy) is 1. The predicted molar refractivity (Wildman–Crippen MR) is 74.9 cm³/mol. The topological polar surface area (TPSA) is 43.4 Å². The molecule has 1 aromatic carbocycles. The lowest BCUT2D eigenvalue weighted by atomic mass is 10.0. The van der Waals surface area contributed by atoms with Gasteiger partial charge < -0.3 is 4.74 Å². The van der Waals surface area contributed by atoms with Crippen molar-refractivity contribution < 1.29 is 14.3 Å². The van der Waals surface area contributed by atoms with Crippen molar-refractivity contribution in [2.24, 2.45) is 0 Å². The predicted octanol–water partition coefficient (Wildman–Crippen LogP) is 3.31. The van der Waals surface area contributed by atoms with E-state index in [0.717, 1.165) is 25.7 Å². The summed E-state index contributed by atoms with van der Waals surface area (Å²) in [5, 5.41) is 0. The van der Waals surface area contributed by atoms with Gasteiger partial charge in [0.1, 0.15) is 12.2 Å². The number of rotatable bonds is 9. The molecular weight excluding hydrogens is 240 g/mol. The number of unbranched alkanes of at least 4 members (excludes halogenated alkanes) is 2. The average molecular weight is 262 g/mol. The molecule has 0 saturated heterocycles. The molecular formula is C16H22O3. The van der Waals surface area contributed by atoms with Crippen LogP contribution in [0.25, 0.3) is 0 Å². The van der Waals surface area contributed by atoms with E-state index in [1.165, 1.54) is 5.56 Å². The number of hydrogen-bond donors (Lipinski definition) is 0. The molecule has 104 valence electrons. The van der Waals surface area contributed by atoms with Gasteiger partial charge in [-0.05, 0) is 31.7 Å². The van der Waals surface area contributed by atoms with Crippen LogP contribution in [-0.2, 0) is 20.7 Å². The van der Waals surface area contributed by atoms with Crippen LogP contribution in [0.3, 0.4) is 0 Å². The number of esters is 1. The van der Waals surface area contributed by atoms with Gasteiger partial charge in [0, 0.05) is 6.42 Å². The molecule has 0 N–H and O–H groups in total. The Morgan fingerprint density at radius 3 is 2.47 bits per heavy atom. The molecule has 0 unspecified atom stereocenters. The minimum Gasteiger partial charge on any atom is -0.466 e. The first-order valence-corrected chi connectivity index (χ1v) is 6.93. The summed E-state index contributed by atoms with van der Waals surface area (Å²) in [6.07, 6.45) is 4.40. The molecule has 0 aromatic heterocycles. The van der Waals surface area contributed by atoms with Gasteiger partial charge in [-0.3, -0.25) is 9.59 Å². The van der Waals surface area contributed by atoms with Gasteiger partial charge in [-0.15, -0.1) is 0 Å². The molecule has 3 nitrogen and oxygen atoms in total. The monoisotopic (exact) mass is 262 g/mol. The lowest BCUT2D eigenvalue weighted by Gasteiger charge is -2.02. The molecule has 0 atom stereocenters. The summed E-state index contributed by atoms with van der Waals surface area (Å²) in [5.74, 6) is -0.421. The molecule has 0 aliphatic carbocycles. The highest BCUT2D eigenvalue weighted by Crippen LogP contribution is 2.08. The summed E-state index contributed by atoms with van der Waals surface area (Å²) in [5.41, 5.74) is 1.33. The molecule has 0 aliphatic rings. The van der Waals surface area contributed by atoms with Crippen molar-refractivity contribution >= 4 is 11.8 Å². The maximum absolute atomic E-state index is 11.5. The van der Waals surface area contributed by atoms with Crippen LogP contribution in [0, 0.1) is 0 Å². The van der Waals surface area contributed by atoms with E-state index in [1.54, 1.807) is 6.92 Å². The van der Waals surface area contributed by atoms with Crippen molar-refractivity contribution in [3.05, 3.63) is 35.9 Å². The Kier molecular flexibility index (Phi) is 7.56. The van der Waals surface area contributed by atoms with E-state index >= 15 is 0 Å². The summed E-state index contributed by atoms with van der Waals surface area (Å²) in [6, 6.07) is 10.3. The fraction of sp³-hybridized carbons (Fsp3) is 0.500. The molecule has 3 heteroatoms. The molecule has 0 radical (unpaired) electrons.